The second-order valence-electron chi connectivity index (χ2n) is 8.16. The van der Waals surface area contributed by atoms with Crippen molar-refractivity contribution in [2.75, 3.05) is 39.6 Å². The summed E-state index contributed by atoms with van der Waals surface area (Å²) < 4.78 is 16.0. The van der Waals surface area contributed by atoms with Crippen molar-refractivity contribution in [3.63, 3.8) is 0 Å². The molecule has 0 aromatic heterocycles. The molecule has 1 radical (unpaired) electrons. The summed E-state index contributed by atoms with van der Waals surface area (Å²) >= 11 is 0. The normalized spacial score (nSPS) is 7.32. The molecule has 0 aliphatic rings. The third kappa shape index (κ3) is 129. The van der Waals surface area contributed by atoms with Crippen molar-refractivity contribution < 1.29 is 52.0 Å². The molecule has 0 aliphatic heterocycles. The van der Waals surface area contributed by atoms with Crippen LogP contribution in [0, 0.1) is 37.2 Å². The standard InChI is InChI=1S/C16H33O2.C6H13O2.14CH4.Y/c1-14(2)12-17-10-6-8-16(5)9-7-11-18-13-15(3)4;1-6(2)5-8-4-3-7;;;;;;;;;;;;;;;/h14-16H,5-13H2,1-4H3;4,6-7H,3,5H2,1-2H3;14*1H4;/q2*-1;;;;;;;;;;;;;;;. The number of ether oxygens (including phenoxy) is 3. The SMILES string of the molecule is C.C.C.C.C.C.C.C.C.C.C.C.C.C.CC(C)CO[CH-]CO.[CH2-]C(CCCOCC(C)C)CCCOCC(C)C.[Y]. The van der Waals surface area contributed by atoms with E-state index in [0.29, 0.717) is 30.3 Å². The van der Waals surface area contributed by atoms with Gasteiger partial charge in [-0.1, -0.05) is 165 Å². The summed E-state index contributed by atoms with van der Waals surface area (Å²) in [7, 11) is 0. The molecule has 0 unspecified atom stereocenters. The summed E-state index contributed by atoms with van der Waals surface area (Å²) in [5, 5.41) is 8.20. The first kappa shape index (κ1) is 113. The van der Waals surface area contributed by atoms with Crippen LogP contribution in [-0.2, 0) is 46.9 Å². The van der Waals surface area contributed by atoms with Crippen molar-refractivity contribution in [2.45, 2.75) is 171 Å². The Bertz CT molecular complexity index is 246. The van der Waals surface area contributed by atoms with E-state index in [1.807, 2.05) is 0 Å². The maximum absolute atomic E-state index is 8.20. The zero-order valence-corrected chi connectivity index (χ0v) is 21.8. The topological polar surface area (TPSA) is 47.9 Å². The van der Waals surface area contributed by atoms with E-state index in [0.717, 1.165) is 39.3 Å². The zero-order chi connectivity index (χ0) is 20.2. The average molecular weight is 688 g/mol. The van der Waals surface area contributed by atoms with Crippen LogP contribution in [0.1, 0.15) is 171 Å². The second kappa shape index (κ2) is 90.0. The predicted molar refractivity (Wildman–Crippen MR) is 205 cm³/mol. The minimum absolute atomic E-state index is 0. The van der Waals surface area contributed by atoms with Crippen LogP contribution in [0.3, 0.4) is 0 Å². The van der Waals surface area contributed by atoms with Crippen molar-refractivity contribution in [2.24, 2.45) is 23.7 Å². The van der Waals surface area contributed by atoms with Crippen molar-refractivity contribution in [3.05, 3.63) is 13.5 Å². The van der Waals surface area contributed by atoms with Gasteiger partial charge in [-0.25, -0.2) is 0 Å². The molecule has 0 aliphatic carbocycles. The van der Waals surface area contributed by atoms with Gasteiger partial charge in [0.05, 0.1) is 0 Å². The number of rotatable bonds is 16. The van der Waals surface area contributed by atoms with E-state index in [-0.39, 0.29) is 143 Å². The molecule has 0 atom stereocenters. The number of hydrogen-bond acceptors (Lipinski definition) is 4. The minimum Gasteiger partial charge on any atom is -0.550 e. The molecule has 41 heavy (non-hydrogen) atoms. The molecule has 0 amide bonds. The molecule has 0 rings (SSSR count). The number of hydrogen-bond donors (Lipinski definition) is 1. The van der Waals surface area contributed by atoms with Crippen LogP contribution in [0.2, 0.25) is 0 Å². The van der Waals surface area contributed by atoms with Gasteiger partial charge < -0.3 is 26.2 Å². The monoisotopic (exact) mass is 688 g/mol. The maximum atomic E-state index is 8.20. The molecule has 1 N–H and O–H groups in total. The summed E-state index contributed by atoms with van der Waals surface area (Å²) in [4.78, 5) is 0. The minimum atomic E-state index is 0. The van der Waals surface area contributed by atoms with Gasteiger partial charge in [-0.15, -0.1) is 0 Å². The summed E-state index contributed by atoms with van der Waals surface area (Å²) in [5.41, 5.74) is 0. The average Bonchev–Trinajstić information content (AvgIpc) is 2.54. The van der Waals surface area contributed by atoms with Crippen molar-refractivity contribution in [3.8, 4) is 0 Å². The molecule has 0 aromatic carbocycles. The second-order valence-corrected chi connectivity index (χ2v) is 8.16. The summed E-state index contributed by atoms with van der Waals surface area (Å²) in [5.74, 6) is 2.37. The summed E-state index contributed by atoms with van der Waals surface area (Å²) in [6.45, 7) is 22.7. The molecule has 0 saturated carbocycles. The van der Waals surface area contributed by atoms with Crippen LogP contribution in [0.15, 0.2) is 0 Å². The van der Waals surface area contributed by atoms with Crippen LogP contribution in [0.5, 0.6) is 0 Å². The third-order valence-electron chi connectivity index (χ3n) is 3.33. The Hall–Kier alpha value is 0.944. The molecule has 0 aromatic rings. The van der Waals surface area contributed by atoms with Gasteiger partial charge in [0.25, 0.3) is 0 Å². The van der Waals surface area contributed by atoms with Crippen LogP contribution in [0.25, 0.3) is 0 Å². The van der Waals surface area contributed by atoms with Crippen LogP contribution in [0.4, 0.5) is 0 Å². The quantitative estimate of drug-likeness (QED) is 0.130. The van der Waals surface area contributed by atoms with Crippen molar-refractivity contribution in [1.29, 1.82) is 0 Å². The van der Waals surface area contributed by atoms with Crippen LogP contribution < -0.4 is 0 Å². The first-order valence-electron chi connectivity index (χ1n) is 10.3. The van der Waals surface area contributed by atoms with Gasteiger partial charge in [0.1, 0.15) is 0 Å². The van der Waals surface area contributed by atoms with E-state index in [2.05, 4.69) is 48.5 Å². The largest absolute Gasteiger partial charge is 0.550 e. The fourth-order valence-corrected chi connectivity index (χ4v) is 2.04. The van der Waals surface area contributed by atoms with E-state index in [4.69, 9.17) is 19.3 Å². The first-order valence-corrected chi connectivity index (χ1v) is 10.3. The Morgan fingerprint density at radius 1 is 0.537 bits per heavy atom. The summed E-state index contributed by atoms with van der Waals surface area (Å²) in [6, 6.07) is 0. The molecule has 0 saturated heterocycles. The van der Waals surface area contributed by atoms with Gasteiger partial charge in [-0.2, -0.15) is 12.5 Å². The van der Waals surface area contributed by atoms with E-state index in [1.165, 1.54) is 19.4 Å². The van der Waals surface area contributed by atoms with E-state index >= 15 is 0 Å². The van der Waals surface area contributed by atoms with E-state index in [9.17, 15) is 0 Å². The molecule has 0 fully saturated rings. The van der Waals surface area contributed by atoms with Gasteiger partial charge in [-0.05, 0) is 30.6 Å². The molecular weight excluding hydrogens is 585 g/mol. The molecule has 5 heteroatoms. The van der Waals surface area contributed by atoms with Crippen molar-refractivity contribution >= 4 is 0 Å². The van der Waals surface area contributed by atoms with Crippen LogP contribution in [-0.4, -0.2) is 44.7 Å². The Balaban J connectivity index is -0.0000000152. The van der Waals surface area contributed by atoms with Gasteiger partial charge in [0.2, 0.25) is 0 Å². The smallest absolute Gasteiger partial charge is 0.0488 e. The number of aliphatic hydroxyl groups excluding tert-OH is 1. The zero-order valence-electron chi connectivity index (χ0n) is 18.9. The van der Waals surface area contributed by atoms with E-state index < -0.39 is 0 Å². The Morgan fingerprint density at radius 3 is 1.02 bits per heavy atom. The Kier molecular flexibility index (Phi) is 248. The van der Waals surface area contributed by atoms with Gasteiger partial charge in [0, 0.05) is 65.7 Å². The molecule has 4 nitrogen and oxygen atoms in total. The van der Waals surface area contributed by atoms with Gasteiger partial charge in [-0.3, -0.25) is 0 Å². The molecule has 0 spiro atoms. The Labute approximate surface area is 298 Å². The fourth-order valence-electron chi connectivity index (χ4n) is 2.04. The maximum Gasteiger partial charge on any atom is 0.0488 e. The first-order chi connectivity index (χ1) is 12.3. The van der Waals surface area contributed by atoms with Gasteiger partial charge >= 0.3 is 0 Å². The molecular formula is C36H102O4Y-2. The van der Waals surface area contributed by atoms with E-state index in [1.54, 1.807) is 0 Å². The third-order valence-corrected chi connectivity index (χ3v) is 3.33. The number of aliphatic hydroxyl groups is 1. The summed E-state index contributed by atoms with van der Waals surface area (Å²) in [6.07, 6.45) is 4.60. The predicted octanol–water partition coefficient (Wildman–Crippen LogP) is 14.1. The Morgan fingerprint density at radius 2 is 0.805 bits per heavy atom. The van der Waals surface area contributed by atoms with Crippen molar-refractivity contribution in [1.82, 2.24) is 0 Å². The molecule has 275 valence electrons. The molecule has 0 heterocycles. The molecule has 0 bridgehead atoms. The van der Waals surface area contributed by atoms with Gasteiger partial charge in [0.15, 0.2) is 0 Å². The van der Waals surface area contributed by atoms with Crippen LogP contribution >= 0.6 is 0 Å². The fraction of sp³-hybridized carbons (Fsp3) is 0.944.